The predicted molar refractivity (Wildman–Crippen MR) is 100 cm³/mol. The van der Waals surface area contributed by atoms with E-state index in [1.807, 2.05) is 27.0 Å². The van der Waals surface area contributed by atoms with Gasteiger partial charge in [-0.05, 0) is 19.3 Å². The summed E-state index contributed by atoms with van der Waals surface area (Å²) in [5.74, 6) is 6.20. The van der Waals surface area contributed by atoms with Crippen LogP contribution in [-0.4, -0.2) is 62.6 Å². The van der Waals surface area contributed by atoms with Crippen molar-refractivity contribution in [3.05, 3.63) is 0 Å². The highest BCUT2D eigenvalue weighted by Gasteiger charge is 2.15. The molecule has 25 heavy (non-hydrogen) atoms. The highest BCUT2D eigenvalue weighted by molar-refractivity contribution is 8.77. The molecule has 1 fully saturated rings. The second kappa shape index (κ2) is 15.6. The minimum Gasteiger partial charge on any atom is -0.446 e. The number of hydrogen-bond donors (Lipinski definition) is 3. The van der Waals surface area contributed by atoms with E-state index in [0.717, 1.165) is 18.1 Å². The van der Waals surface area contributed by atoms with Gasteiger partial charge in [0.2, 0.25) is 5.91 Å². The third kappa shape index (κ3) is 13.2. The topological polar surface area (TPSA) is 112 Å². The van der Waals surface area contributed by atoms with Crippen molar-refractivity contribution in [2.24, 2.45) is 5.84 Å². The fourth-order valence-electron chi connectivity index (χ4n) is 2.13. The quantitative estimate of drug-likeness (QED) is 0.133. The zero-order valence-electron chi connectivity index (χ0n) is 14.5. The Hall–Kier alpha value is -0.680. The van der Waals surface area contributed by atoms with Crippen LogP contribution >= 0.6 is 21.6 Å². The minimum absolute atomic E-state index is 0.0867. The molecule has 1 aliphatic heterocycles. The van der Waals surface area contributed by atoms with Gasteiger partial charge in [0.25, 0.3) is 0 Å². The van der Waals surface area contributed by atoms with Gasteiger partial charge in [0.1, 0.15) is 6.61 Å². The van der Waals surface area contributed by atoms with Crippen LogP contribution in [0.1, 0.15) is 32.1 Å². The maximum absolute atomic E-state index is 11.7. The van der Waals surface area contributed by atoms with Crippen molar-refractivity contribution >= 4 is 33.6 Å². The number of amides is 2. The number of carbonyl (C=O) groups excluding carboxylic acids is 2. The largest absolute Gasteiger partial charge is 0.446 e. The van der Waals surface area contributed by atoms with Crippen LogP contribution in [0.15, 0.2) is 0 Å². The number of nitrogens with two attached hydrogens (primary N) is 1. The molecular formula is C15H29N3O5S2. The summed E-state index contributed by atoms with van der Waals surface area (Å²) in [6.45, 7) is 2.21. The van der Waals surface area contributed by atoms with E-state index in [1.165, 1.54) is 18.6 Å². The standard InChI is InChI=1S/C15H29N3O5S2/c16-18-15(20)23-11-10-22-9-8-21-7-6-17-14(19)4-2-1-3-13-5-12-24-25-13/h13H,1-12,16H2,(H,17,19)(H,18,20). The number of hydrogen-bond acceptors (Lipinski definition) is 8. The first kappa shape index (κ1) is 22.4. The number of rotatable bonds is 14. The smallest absolute Gasteiger partial charge is 0.421 e. The molecule has 1 unspecified atom stereocenters. The molecule has 1 saturated heterocycles. The Morgan fingerprint density at radius 1 is 1.08 bits per heavy atom. The lowest BCUT2D eigenvalue weighted by atomic mass is 10.1. The highest BCUT2D eigenvalue weighted by atomic mass is 33.1. The molecule has 0 aliphatic carbocycles. The fraction of sp³-hybridized carbons (Fsp3) is 0.867. The Morgan fingerprint density at radius 3 is 2.56 bits per heavy atom. The highest BCUT2D eigenvalue weighted by Crippen LogP contribution is 2.39. The van der Waals surface area contributed by atoms with Crippen LogP contribution in [0.25, 0.3) is 0 Å². The van der Waals surface area contributed by atoms with Crippen LogP contribution in [0.5, 0.6) is 0 Å². The molecule has 1 rings (SSSR count). The van der Waals surface area contributed by atoms with Crippen LogP contribution in [0.2, 0.25) is 0 Å². The number of nitrogens with one attached hydrogen (secondary N) is 2. The summed E-state index contributed by atoms with van der Waals surface area (Å²) in [6.07, 6.45) is 4.49. The van der Waals surface area contributed by atoms with Gasteiger partial charge in [-0.1, -0.05) is 28.0 Å². The molecule has 0 aromatic carbocycles. The third-order valence-corrected chi connectivity index (χ3v) is 6.43. The van der Waals surface area contributed by atoms with Crippen LogP contribution in [-0.2, 0) is 19.0 Å². The summed E-state index contributed by atoms with van der Waals surface area (Å²) in [5.41, 5.74) is 1.85. The van der Waals surface area contributed by atoms with E-state index >= 15 is 0 Å². The molecule has 146 valence electrons. The van der Waals surface area contributed by atoms with Crippen molar-refractivity contribution in [2.45, 2.75) is 37.4 Å². The average Bonchev–Trinajstić information content (AvgIpc) is 3.13. The van der Waals surface area contributed by atoms with E-state index in [9.17, 15) is 9.59 Å². The van der Waals surface area contributed by atoms with Crippen LogP contribution in [0.3, 0.4) is 0 Å². The summed E-state index contributed by atoms with van der Waals surface area (Å²) in [4.78, 5) is 22.3. The lowest BCUT2D eigenvalue weighted by Gasteiger charge is -2.08. The van der Waals surface area contributed by atoms with Crippen molar-refractivity contribution in [1.82, 2.24) is 10.7 Å². The van der Waals surface area contributed by atoms with Crippen molar-refractivity contribution < 1.29 is 23.8 Å². The van der Waals surface area contributed by atoms with Gasteiger partial charge >= 0.3 is 6.09 Å². The van der Waals surface area contributed by atoms with Gasteiger partial charge in [-0.2, -0.15) is 0 Å². The minimum atomic E-state index is -0.688. The maximum atomic E-state index is 11.7. The van der Waals surface area contributed by atoms with Crippen LogP contribution in [0, 0.1) is 0 Å². The average molecular weight is 396 g/mol. The lowest BCUT2D eigenvalue weighted by Crippen LogP contribution is -2.31. The van der Waals surface area contributed by atoms with Crippen molar-refractivity contribution in [2.75, 3.05) is 45.3 Å². The molecule has 10 heteroatoms. The second-order valence-corrected chi connectivity index (χ2v) is 8.22. The molecule has 4 N–H and O–H groups in total. The summed E-state index contributed by atoms with van der Waals surface area (Å²) < 4.78 is 15.2. The van der Waals surface area contributed by atoms with Gasteiger partial charge in [0, 0.05) is 24.0 Å². The van der Waals surface area contributed by atoms with Gasteiger partial charge in [0.05, 0.1) is 26.4 Å². The van der Waals surface area contributed by atoms with E-state index < -0.39 is 6.09 Å². The molecule has 1 aliphatic rings. The summed E-state index contributed by atoms with van der Waals surface area (Å²) in [7, 11) is 3.95. The number of unbranched alkanes of at least 4 members (excludes halogenated alkanes) is 1. The first-order chi connectivity index (χ1) is 12.2. The van der Waals surface area contributed by atoms with Crippen molar-refractivity contribution in [3.8, 4) is 0 Å². The normalized spacial score (nSPS) is 16.6. The molecule has 0 aromatic heterocycles. The third-order valence-electron chi connectivity index (χ3n) is 3.43. The Labute approximate surface area is 157 Å². The van der Waals surface area contributed by atoms with Gasteiger partial charge in [0.15, 0.2) is 0 Å². The van der Waals surface area contributed by atoms with E-state index in [0.29, 0.717) is 32.8 Å². The molecule has 8 nitrogen and oxygen atoms in total. The van der Waals surface area contributed by atoms with E-state index in [1.54, 1.807) is 0 Å². The van der Waals surface area contributed by atoms with Gasteiger partial charge < -0.3 is 19.5 Å². The Balaban J connectivity index is 1.76. The summed E-state index contributed by atoms with van der Waals surface area (Å²) in [5, 5.41) is 3.64. The Morgan fingerprint density at radius 2 is 1.84 bits per heavy atom. The predicted octanol–water partition coefficient (Wildman–Crippen LogP) is 1.45. The number of carbonyl (C=O) groups is 2. The van der Waals surface area contributed by atoms with Gasteiger partial charge in [-0.25, -0.2) is 10.6 Å². The molecule has 0 saturated carbocycles. The fourth-order valence-corrected chi connectivity index (χ4v) is 5.16. The molecule has 0 bridgehead atoms. The number of hydrazine groups is 1. The Bertz CT molecular complexity index is 371. The van der Waals surface area contributed by atoms with E-state index in [-0.39, 0.29) is 19.1 Å². The SMILES string of the molecule is NNC(=O)OCCOCCOCCNC(=O)CCCCC1CCSS1. The van der Waals surface area contributed by atoms with Crippen molar-refractivity contribution in [1.29, 1.82) is 0 Å². The lowest BCUT2D eigenvalue weighted by molar-refractivity contribution is -0.121. The zero-order valence-corrected chi connectivity index (χ0v) is 16.1. The van der Waals surface area contributed by atoms with E-state index in [4.69, 9.17) is 15.3 Å². The second-order valence-electron chi connectivity index (χ2n) is 5.43. The Kier molecular flexibility index (Phi) is 13.9. The van der Waals surface area contributed by atoms with Gasteiger partial charge in [-0.15, -0.1) is 0 Å². The van der Waals surface area contributed by atoms with Crippen LogP contribution in [0.4, 0.5) is 4.79 Å². The zero-order chi connectivity index (χ0) is 18.2. The van der Waals surface area contributed by atoms with Crippen LogP contribution < -0.4 is 16.6 Å². The number of ether oxygens (including phenoxy) is 3. The first-order valence-corrected chi connectivity index (χ1v) is 10.9. The van der Waals surface area contributed by atoms with E-state index in [2.05, 4.69) is 10.1 Å². The molecule has 0 radical (unpaired) electrons. The summed E-state index contributed by atoms with van der Waals surface area (Å²) >= 11 is 0. The molecule has 0 spiro atoms. The maximum Gasteiger partial charge on any atom is 0.421 e. The first-order valence-electron chi connectivity index (χ1n) is 8.56. The van der Waals surface area contributed by atoms with Gasteiger partial charge in [-0.3, -0.25) is 10.2 Å². The molecule has 1 atom stereocenters. The summed E-state index contributed by atoms with van der Waals surface area (Å²) in [6, 6.07) is 0. The monoisotopic (exact) mass is 395 g/mol. The molecule has 2 amide bonds. The van der Waals surface area contributed by atoms with Crippen molar-refractivity contribution in [3.63, 3.8) is 0 Å². The molecule has 1 heterocycles. The molecule has 0 aromatic rings. The molecular weight excluding hydrogens is 366 g/mol.